The predicted molar refractivity (Wildman–Crippen MR) is 104 cm³/mol. The van der Waals surface area contributed by atoms with E-state index in [9.17, 15) is 9.59 Å². The van der Waals surface area contributed by atoms with Crippen molar-refractivity contribution in [3.05, 3.63) is 35.5 Å². The van der Waals surface area contributed by atoms with Crippen molar-refractivity contribution in [2.45, 2.75) is 31.7 Å². The maximum atomic E-state index is 12.0. The zero-order valence-electron chi connectivity index (χ0n) is 15.0. The fourth-order valence-corrected chi connectivity index (χ4v) is 5.01. The largest absolute Gasteiger partial charge is 0.361 e. The van der Waals surface area contributed by atoms with Gasteiger partial charge >= 0.3 is 6.03 Å². The number of urea groups is 1. The maximum Gasteiger partial charge on any atom is 0.333 e. The minimum absolute atomic E-state index is 0.312. The molecule has 3 amide bonds. The standard InChI is InChI=1S/C19H24N4O2S/c1-11(24)21-19(25)23(26)10-12-6-15-14-4-3-5-16-18(14)13(8-20-16)7-17(15)22(2)9-12/h3-5,8,12,15,17,20,26H,6-7,9-10H2,1-2H3,(H,21,24,25)/t12?,15-,17-/m1/s1. The van der Waals surface area contributed by atoms with Crippen LogP contribution in [0.2, 0.25) is 0 Å². The maximum absolute atomic E-state index is 12.0. The molecule has 1 saturated heterocycles. The number of imide groups is 1. The Balaban J connectivity index is 1.55. The summed E-state index contributed by atoms with van der Waals surface area (Å²) in [5.74, 6) is 0.393. The zero-order chi connectivity index (χ0) is 18.4. The van der Waals surface area contributed by atoms with Gasteiger partial charge in [-0.2, -0.15) is 0 Å². The number of hydrogen-bond acceptors (Lipinski definition) is 4. The number of H-pyrrole nitrogens is 1. The van der Waals surface area contributed by atoms with E-state index in [2.05, 4.69) is 59.5 Å². The molecule has 0 spiro atoms. The topological polar surface area (TPSA) is 68.4 Å². The van der Waals surface area contributed by atoms with Gasteiger partial charge in [-0.05, 0) is 43.0 Å². The third-order valence-electron chi connectivity index (χ3n) is 5.76. The summed E-state index contributed by atoms with van der Waals surface area (Å²) in [7, 11) is 2.17. The molecule has 3 atom stereocenters. The van der Waals surface area contributed by atoms with Crippen LogP contribution in [-0.2, 0) is 11.2 Å². The molecule has 4 rings (SSSR count). The summed E-state index contributed by atoms with van der Waals surface area (Å²) >= 11 is 4.29. The van der Waals surface area contributed by atoms with Crippen LogP contribution in [-0.4, -0.2) is 52.3 Å². The van der Waals surface area contributed by atoms with E-state index in [4.69, 9.17) is 0 Å². The third-order valence-corrected chi connectivity index (χ3v) is 6.11. The number of thiol groups is 1. The van der Waals surface area contributed by atoms with Gasteiger partial charge in [-0.1, -0.05) is 24.9 Å². The summed E-state index contributed by atoms with van der Waals surface area (Å²) in [4.78, 5) is 28.9. The van der Waals surface area contributed by atoms with Gasteiger partial charge in [0.1, 0.15) is 0 Å². The number of aromatic amines is 1. The number of benzene rings is 1. The first-order valence-corrected chi connectivity index (χ1v) is 9.41. The molecule has 2 aromatic rings. The van der Waals surface area contributed by atoms with Crippen molar-refractivity contribution in [3.63, 3.8) is 0 Å². The van der Waals surface area contributed by atoms with Crippen molar-refractivity contribution in [3.8, 4) is 0 Å². The van der Waals surface area contributed by atoms with Crippen LogP contribution in [0.1, 0.15) is 30.4 Å². The Morgan fingerprint density at radius 3 is 3.00 bits per heavy atom. The fourth-order valence-electron chi connectivity index (χ4n) is 4.73. The highest BCUT2D eigenvalue weighted by Gasteiger charge is 2.39. The number of likely N-dealkylation sites (N-methyl/N-ethyl adjacent to an activating group) is 1. The van der Waals surface area contributed by atoms with E-state index in [1.54, 1.807) is 0 Å². The van der Waals surface area contributed by atoms with Crippen LogP contribution in [0.5, 0.6) is 0 Å². The van der Waals surface area contributed by atoms with Crippen molar-refractivity contribution >= 4 is 35.7 Å². The number of fused-ring (bicyclic) bond motifs is 2. The molecule has 1 aliphatic heterocycles. The molecule has 1 aromatic carbocycles. The van der Waals surface area contributed by atoms with Crippen molar-refractivity contribution in [2.24, 2.45) is 5.92 Å². The number of likely N-dealkylation sites (tertiary alicyclic amines) is 1. The van der Waals surface area contributed by atoms with Gasteiger partial charge in [0, 0.05) is 49.1 Å². The minimum atomic E-state index is -0.454. The van der Waals surface area contributed by atoms with Gasteiger partial charge < -0.3 is 9.88 Å². The number of aromatic nitrogens is 1. The molecular weight excluding hydrogens is 348 g/mol. The summed E-state index contributed by atoms with van der Waals surface area (Å²) in [6, 6.07) is 6.53. The van der Waals surface area contributed by atoms with Gasteiger partial charge in [0.2, 0.25) is 5.91 Å². The highest BCUT2D eigenvalue weighted by atomic mass is 32.1. The van der Waals surface area contributed by atoms with Crippen LogP contribution >= 0.6 is 12.8 Å². The molecule has 1 aliphatic carbocycles. The predicted octanol–water partition coefficient (Wildman–Crippen LogP) is 2.53. The Hall–Kier alpha value is -1.99. The molecule has 6 nitrogen and oxygen atoms in total. The van der Waals surface area contributed by atoms with Crippen molar-refractivity contribution in [2.75, 3.05) is 20.1 Å². The number of nitrogens with zero attached hydrogens (tertiary/aromatic N) is 2. The van der Waals surface area contributed by atoms with Crippen LogP contribution in [0.15, 0.2) is 24.4 Å². The van der Waals surface area contributed by atoms with Crippen molar-refractivity contribution in [1.29, 1.82) is 0 Å². The fraction of sp³-hybridized carbons (Fsp3) is 0.474. The Morgan fingerprint density at radius 2 is 2.23 bits per heavy atom. The summed E-state index contributed by atoms with van der Waals surface area (Å²) in [6.45, 7) is 2.77. The highest BCUT2D eigenvalue weighted by molar-refractivity contribution is 7.78. The van der Waals surface area contributed by atoms with E-state index in [1.807, 2.05) is 0 Å². The summed E-state index contributed by atoms with van der Waals surface area (Å²) in [5, 5.41) is 3.65. The molecule has 1 unspecified atom stereocenters. The molecule has 0 saturated carbocycles. The lowest BCUT2D eigenvalue weighted by molar-refractivity contribution is -0.118. The van der Waals surface area contributed by atoms with Crippen LogP contribution in [0, 0.1) is 5.92 Å². The van der Waals surface area contributed by atoms with Crippen LogP contribution in [0.25, 0.3) is 10.9 Å². The Bertz CT molecular complexity index is 864. The number of rotatable bonds is 2. The molecule has 0 bridgehead atoms. The second-order valence-electron chi connectivity index (χ2n) is 7.57. The van der Waals surface area contributed by atoms with Crippen LogP contribution < -0.4 is 5.32 Å². The lowest BCUT2D eigenvalue weighted by Gasteiger charge is -2.46. The molecule has 2 heterocycles. The molecule has 26 heavy (non-hydrogen) atoms. The average molecular weight is 372 g/mol. The van der Waals surface area contributed by atoms with Gasteiger partial charge in [-0.25, -0.2) is 4.79 Å². The lowest BCUT2D eigenvalue weighted by Crippen LogP contribution is -2.50. The Labute approximate surface area is 158 Å². The van der Waals surface area contributed by atoms with Crippen LogP contribution in [0.4, 0.5) is 4.79 Å². The summed E-state index contributed by atoms with van der Waals surface area (Å²) in [5.41, 5.74) is 4.02. The first-order valence-electron chi connectivity index (χ1n) is 9.01. The lowest BCUT2D eigenvalue weighted by atomic mass is 9.72. The number of nitrogens with one attached hydrogen (secondary N) is 2. The molecule has 1 fully saturated rings. The monoisotopic (exact) mass is 372 g/mol. The number of piperidine rings is 1. The van der Waals surface area contributed by atoms with E-state index < -0.39 is 6.03 Å². The van der Waals surface area contributed by atoms with Gasteiger partial charge in [0.05, 0.1) is 0 Å². The molecule has 0 radical (unpaired) electrons. The van der Waals surface area contributed by atoms with Gasteiger partial charge in [-0.15, -0.1) is 0 Å². The van der Waals surface area contributed by atoms with Crippen LogP contribution in [0.3, 0.4) is 0 Å². The van der Waals surface area contributed by atoms with Crippen molar-refractivity contribution in [1.82, 2.24) is 19.5 Å². The molecule has 1 aromatic heterocycles. The summed E-state index contributed by atoms with van der Waals surface area (Å²) in [6.07, 6.45) is 4.22. The SMILES string of the molecule is CC(=O)NC(=O)N(S)CC1C[C@@H]2c3cccc4[nH]cc(c34)C[C@H]2N(C)C1. The molecule has 2 aliphatic rings. The number of carbonyl (C=O) groups excluding carboxylic acids is 2. The smallest absolute Gasteiger partial charge is 0.333 e. The second kappa shape index (κ2) is 6.63. The minimum Gasteiger partial charge on any atom is -0.361 e. The molecular formula is C19H24N4O2S. The Kier molecular flexibility index (Phi) is 4.44. The Morgan fingerprint density at radius 1 is 1.42 bits per heavy atom. The molecule has 138 valence electrons. The number of hydrogen-bond donors (Lipinski definition) is 3. The zero-order valence-corrected chi connectivity index (χ0v) is 15.9. The number of amides is 3. The molecule has 7 heteroatoms. The van der Waals surface area contributed by atoms with E-state index >= 15 is 0 Å². The van der Waals surface area contributed by atoms with Gasteiger partial charge in [0.15, 0.2) is 0 Å². The second-order valence-corrected chi connectivity index (χ2v) is 8.05. The third kappa shape index (κ3) is 2.99. The van der Waals surface area contributed by atoms with E-state index in [-0.39, 0.29) is 5.91 Å². The van der Waals surface area contributed by atoms with E-state index in [0.29, 0.717) is 24.4 Å². The molecule has 2 N–H and O–H groups in total. The van der Waals surface area contributed by atoms with Gasteiger partial charge in [-0.3, -0.25) is 14.4 Å². The highest BCUT2D eigenvalue weighted by Crippen LogP contribution is 2.44. The quantitative estimate of drug-likeness (QED) is 0.710. The first kappa shape index (κ1) is 17.4. The first-order chi connectivity index (χ1) is 12.4. The normalized spacial score (nSPS) is 25.0. The van der Waals surface area contributed by atoms with Gasteiger partial charge in [0.25, 0.3) is 0 Å². The van der Waals surface area contributed by atoms with E-state index in [0.717, 1.165) is 19.4 Å². The van der Waals surface area contributed by atoms with E-state index in [1.165, 1.54) is 33.3 Å². The summed E-state index contributed by atoms with van der Waals surface area (Å²) < 4.78 is 1.32. The van der Waals surface area contributed by atoms with Crippen molar-refractivity contribution < 1.29 is 9.59 Å². The average Bonchev–Trinajstić information content (AvgIpc) is 3.00. The number of carbonyl (C=O) groups is 2.